The van der Waals surface area contributed by atoms with Crippen LogP contribution >= 0.6 is 11.6 Å². The van der Waals surface area contributed by atoms with Gasteiger partial charge in [0.2, 0.25) is 5.88 Å². The van der Waals surface area contributed by atoms with E-state index in [1.54, 1.807) is 0 Å². The monoisotopic (exact) mass is 239 g/mol. The Labute approximate surface area is 102 Å². The quantitative estimate of drug-likeness (QED) is 0.749. The van der Waals surface area contributed by atoms with Gasteiger partial charge in [0.05, 0.1) is 11.6 Å². The lowest BCUT2D eigenvalue weighted by Gasteiger charge is -2.26. The topological polar surface area (TPSA) is 22.1 Å². The van der Waals surface area contributed by atoms with Crippen LogP contribution in [0.3, 0.4) is 0 Å². The van der Waals surface area contributed by atoms with Crippen LogP contribution in [0.1, 0.15) is 38.3 Å². The zero-order valence-electron chi connectivity index (χ0n) is 9.66. The predicted molar refractivity (Wildman–Crippen MR) is 65.8 cm³/mol. The minimum atomic E-state index is 0.342. The Morgan fingerprint density at radius 3 is 2.75 bits per heavy atom. The van der Waals surface area contributed by atoms with Gasteiger partial charge in [-0.05, 0) is 37.7 Å². The van der Waals surface area contributed by atoms with Gasteiger partial charge in [0.1, 0.15) is 6.10 Å². The second-order valence-corrected chi connectivity index (χ2v) is 4.87. The molecule has 2 rings (SSSR count). The Hall–Kier alpha value is -0.760. The van der Waals surface area contributed by atoms with Crippen molar-refractivity contribution < 1.29 is 4.74 Å². The van der Waals surface area contributed by atoms with Crippen molar-refractivity contribution in [1.29, 1.82) is 0 Å². The Balaban J connectivity index is 1.93. The van der Waals surface area contributed by atoms with Crippen molar-refractivity contribution in [1.82, 2.24) is 4.98 Å². The number of ether oxygens (including phenoxy) is 1. The normalized spacial score (nSPS) is 25.4. The summed E-state index contributed by atoms with van der Waals surface area (Å²) in [6, 6.07) is 5.78. The molecule has 1 aromatic rings. The molecule has 0 amide bonds. The molecule has 16 heavy (non-hydrogen) atoms. The zero-order valence-corrected chi connectivity index (χ0v) is 10.4. The first-order chi connectivity index (χ1) is 7.78. The lowest BCUT2D eigenvalue weighted by atomic mass is 9.89. The molecular formula is C13H18ClNO. The molecule has 1 fully saturated rings. The third-order valence-corrected chi connectivity index (χ3v) is 3.44. The van der Waals surface area contributed by atoms with E-state index in [1.165, 1.54) is 12.8 Å². The number of nitrogens with zero attached hydrogens (tertiary/aromatic N) is 1. The van der Waals surface area contributed by atoms with Gasteiger partial charge in [-0.1, -0.05) is 13.0 Å². The number of aromatic nitrogens is 1. The summed E-state index contributed by atoms with van der Waals surface area (Å²) in [5.41, 5.74) is 0.878. The minimum absolute atomic E-state index is 0.342. The Morgan fingerprint density at radius 1 is 1.31 bits per heavy atom. The summed E-state index contributed by atoms with van der Waals surface area (Å²) in [6.45, 7) is 2.31. The van der Waals surface area contributed by atoms with Crippen LogP contribution < -0.4 is 4.74 Å². The van der Waals surface area contributed by atoms with Crippen LogP contribution in [0.4, 0.5) is 0 Å². The molecule has 0 atom stereocenters. The van der Waals surface area contributed by atoms with E-state index in [9.17, 15) is 0 Å². The number of hydrogen-bond acceptors (Lipinski definition) is 2. The molecular weight excluding hydrogens is 222 g/mol. The standard InChI is InChI=1S/C13H18ClNO/c1-10-5-7-12(8-6-10)16-13-4-2-3-11(9-14)15-13/h2-4,10,12H,5-9H2,1H3. The maximum atomic E-state index is 5.88. The molecule has 1 aliphatic carbocycles. The number of alkyl halides is 1. The Kier molecular flexibility index (Phi) is 4.05. The molecule has 0 saturated heterocycles. The molecule has 0 spiro atoms. The predicted octanol–water partition coefficient (Wildman–Crippen LogP) is 3.78. The fourth-order valence-electron chi connectivity index (χ4n) is 2.12. The molecule has 0 N–H and O–H groups in total. The van der Waals surface area contributed by atoms with E-state index >= 15 is 0 Å². The van der Waals surface area contributed by atoms with E-state index in [1.807, 2.05) is 18.2 Å². The van der Waals surface area contributed by atoms with Crippen LogP contribution in [0.2, 0.25) is 0 Å². The third kappa shape index (κ3) is 3.11. The first-order valence-corrected chi connectivity index (χ1v) is 6.50. The molecule has 1 aromatic heterocycles. The van der Waals surface area contributed by atoms with Gasteiger partial charge in [0.15, 0.2) is 0 Å². The fourth-order valence-corrected chi connectivity index (χ4v) is 2.26. The highest BCUT2D eigenvalue weighted by molar-refractivity contribution is 6.16. The van der Waals surface area contributed by atoms with Crippen molar-refractivity contribution in [2.75, 3.05) is 0 Å². The number of hydrogen-bond donors (Lipinski definition) is 0. The summed E-state index contributed by atoms with van der Waals surface area (Å²) in [5.74, 6) is 2.01. The number of rotatable bonds is 3. The van der Waals surface area contributed by atoms with Crippen molar-refractivity contribution in [3.63, 3.8) is 0 Å². The molecule has 0 bridgehead atoms. The maximum Gasteiger partial charge on any atom is 0.213 e. The largest absolute Gasteiger partial charge is 0.474 e. The second kappa shape index (κ2) is 5.53. The average molecular weight is 240 g/mol. The molecule has 0 aliphatic heterocycles. The lowest BCUT2D eigenvalue weighted by molar-refractivity contribution is 0.130. The molecule has 1 saturated carbocycles. The summed E-state index contributed by atoms with van der Waals surface area (Å²) in [4.78, 5) is 4.35. The van der Waals surface area contributed by atoms with Crippen molar-refractivity contribution in [3.8, 4) is 5.88 Å². The van der Waals surface area contributed by atoms with Gasteiger partial charge in [-0.2, -0.15) is 0 Å². The minimum Gasteiger partial charge on any atom is -0.474 e. The van der Waals surface area contributed by atoms with Crippen LogP contribution in [0.25, 0.3) is 0 Å². The van der Waals surface area contributed by atoms with E-state index in [0.29, 0.717) is 12.0 Å². The van der Waals surface area contributed by atoms with Crippen molar-refractivity contribution >= 4 is 11.6 Å². The highest BCUT2D eigenvalue weighted by Crippen LogP contribution is 2.26. The zero-order chi connectivity index (χ0) is 11.4. The third-order valence-electron chi connectivity index (χ3n) is 3.17. The van der Waals surface area contributed by atoms with E-state index in [2.05, 4.69) is 11.9 Å². The molecule has 3 heteroatoms. The molecule has 0 radical (unpaired) electrons. The van der Waals surface area contributed by atoms with Gasteiger partial charge in [-0.15, -0.1) is 11.6 Å². The molecule has 0 unspecified atom stereocenters. The fraction of sp³-hybridized carbons (Fsp3) is 0.615. The van der Waals surface area contributed by atoms with Gasteiger partial charge in [-0.25, -0.2) is 4.98 Å². The first kappa shape index (κ1) is 11.7. The van der Waals surface area contributed by atoms with Crippen LogP contribution in [0.15, 0.2) is 18.2 Å². The van der Waals surface area contributed by atoms with Crippen LogP contribution in [0.5, 0.6) is 5.88 Å². The molecule has 88 valence electrons. The summed E-state index contributed by atoms with van der Waals surface area (Å²) >= 11 is 5.74. The van der Waals surface area contributed by atoms with Crippen molar-refractivity contribution in [3.05, 3.63) is 23.9 Å². The van der Waals surface area contributed by atoms with Gasteiger partial charge in [0.25, 0.3) is 0 Å². The van der Waals surface area contributed by atoms with E-state index in [-0.39, 0.29) is 0 Å². The summed E-state index contributed by atoms with van der Waals surface area (Å²) in [6.07, 6.45) is 5.16. The van der Waals surface area contributed by atoms with Crippen LogP contribution in [-0.4, -0.2) is 11.1 Å². The summed E-state index contributed by atoms with van der Waals surface area (Å²) in [7, 11) is 0. The molecule has 2 nitrogen and oxygen atoms in total. The smallest absolute Gasteiger partial charge is 0.213 e. The number of halogens is 1. The van der Waals surface area contributed by atoms with Gasteiger partial charge < -0.3 is 4.74 Å². The molecule has 1 heterocycles. The van der Waals surface area contributed by atoms with E-state index in [0.717, 1.165) is 30.3 Å². The first-order valence-electron chi connectivity index (χ1n) is 5.96. The van der Waals surface area contributed by atoms with Gasteiger partial charge in [0, 0.05) is 6.07 Å². The highest BCUT2D eigenvalue weighted by Gasteiger charge is 2.19. The van der Waals surface area contributed by atoms with Crippen LogP contribution in [0, 0.1) is 5.92 Å². The Morgan fingerprint density at radius 2 is 2.06 bits per heavy atom. The Bertz CT molecular complexity index is 334. The highest BCUT2D eigenvalue weighted by atomic mass is 35.5. The number of pyridine rings is 1. The van der Waals surface area contributed by atoms with Crippen LogP contribution in [-0.2, 0) is 5.88 Å². The SMILES string of the molecule is CC1CCC(Oc2cccc(CCl)n2)CC1. The molecule has 0 aromatic carbocycles. The molecule has 1 aliphatic rings. The van der Waals surface area contributed by atoms with Gasteiger partial charge >= 0.3 is 0 Å². The van der Waals surface area contributed by atoms with Crippen molar-refractivity contribution in [2.45, 2.75) is 44.6 Å². The maximum absolute atomic E-state index is 5.88. The summed E-state index contributed by atoms with van der Waals surface area (Å²) < 4.78 is 5.88. The van der Waals surface area contributed by atoms with Gasteiger partial charge in [-0.3, -0.25) is 0 Å². The van der Waals surface area contributed by atoms with E-state index < -0.39 is 0 Å². The average Bonchev–Trinajstić information content (AvgIpc) is 2.32. The van der Waals surface area contributed by atoms with E-state index in [4.69, 9.17) is 16.3 Å². The second-order valence-electron chi connectivity index (χ2n) is 4.60. The summed E-state index contributed by atoms with van der Waals surface area (Å²) in [5, 5.41) is 0. The lowest BCUT2D eigenvalue weighted by Crippen LogP contribution is -2.23. The van der Waals surface area contributed by atoms with Crippen molar-refractivity contribution in [2.24, 2.45) is 5.92 Å².